The summed E-state index contributed by atoms with van der Waals surface area (Å²) in [7, 11) is 1.50. The summed E-state index contributed by atoms with van der Waals surface area (Å²) >= 11 is 17.0. The normalized spacial score (nSPS) is 12.5. The minimum atomic E-state index is -0.670. The van der Waals surface area contributed by atoms with Crippen LogP contribution in [0.25, 0.3) is 0 Å². The molecule has 0 bridgehead atoms. The third kappa shape index (κ3) is 4.68. The van der Waals surface area contributed by atoms with E-state index in [9.17, 15) is 4.91 Å². The monoisotopic (exact) mass is 296 g/mol. The van der Waals surface area contributed by atoms with Crippen molar-refractivity contribution in [2.75, 3.05) is 13.7 Å². The minimum Gasteiger partial charge on any atom is -0.350 e. The second-order valence-corrected chi connectivity index (χ2v) is 5.00. The van der Waals surface area contributed by atoms with E-state index < -0.39 is 11.1 Å². The zero-order chi connectivity index (χ0) is 12.8. The predicted molar refractivity (Wildman–Crippen MR) is 69.2 cm³/mol. The van der Waals surface area contributed by atoms with Crippen molar-refractivity contribution in [2.45, 2.75) is 11.1 Å². The second-order valence-electron chi connectivity index (χ2n) is 3.29. The van der Waals surface area contributed by atoms with Crippen LogP contribution in [0.3, 0.4) is 0 Å². The number of alkyl halides is 2. The van der Waals surface area contributed by atoms with Crippen LogP contribution in [-0.4, -0.2) is 23.5 Å². The zero-order valence-electron chi connectivity index (χ0n) is 9.02. The first-order chi connectivity index (χ1) is 8.04. The number of nitroso groups, excluding NO2 is 1. The Kier molecular flexibility index (Phi) is 5.98. The first kappa shape index (κ1) is 14.5. The summed E-state index contributed by atoms with van der Waals surface area (Å²) in [5.74, 6) is 0. The van der Waals surface area contributed by atoms with Gasteiger partial charge in [-0.3, -0.25) is 0 Å². The molecule has 1 rings (SSSR count). The van der Waals surface area contributed by atoms with Crippen molar-refractivity contribution in [1.29, 1.82) is 0 Å². The molecular formula is C10H11Cl3N2O2. The predicted octanol–water partition coefficient (Wildman–Crippen LogP) is 3.77. The Hall–Kier alpha value is -0.550. The van der Waals surface area contributed by atoms with E-state index >= 15 is 0 Å². The molecule has 4 nitrogen and oxygen atoms in total. The molecule has 1 aromatic carbocycles. The topological polar surface area (TPSA) is 41.9 Å². The molecule has 1 aromatic rings. The number of benzene rings is 1. The smallest absolute Gasteiger partial charge is 0.174 e. The molecule has 0 radical (unpaired) electrons. The van der Waals surface area contributed by atoms with Crippen LogP contribution in [0, 0.1) is 4.91 Å². The lowest BCUT2D eigenvalue weighted by molar-refractivity contribution is -0.0462. The van der Waals surface area contributed by atoms with Gasteiger partial charge in [0.2, 0.25) is 0 Å². The molecule has 0 aliphatic heterocycles. The van der Waals surface area contributed by atoms with Crippen molar-refractivity contribution in [3.05, 3.63) is 39.8 Å². The Morgan fingerprint density at radius 3 is 2.71 bits per heavy atom. The summed E-state index contributed by atoms with van der Waals surface area (Å²) in [5.41, 5.74) is 0.702. The molecule has 94 valence electrons. The summed E-state index contributed by atoms with van der Waals surface area (Å²) in [6.07, 6.45) is -0.661. The van der Waals surface area contributed by atoms with Crippen LogP contribution >= 0.6 is 34.8 Å². The average molecular weight is 298 g/mol. The fraction of sp³-hybridized carbons (Fsp3) is 0.400. The zero-order valence-corrected chi connectivity index (χ0v) is 11.3. The van der Waals surface area contributed by atoms with Crippen LogP contribution in [-0.2, 0) is 4.74 Å². The van der Waals surface area contributed by atoms with Gasteiger partial charge in [-0.2, -0.15) is 0 Å². The Morgan fingerprint density at radius 2 is 2.18 bits per heavy atom. The van der Waals surface area contributed by atoms with E-state index in [0.29, 0.717) is 10.6 Å². The molecule has 0 fully saturated rings. The highest BCUT2D eigenvalue weighted by atomic mass is 35.5. The Bertz CT molecular complexity index is 376. The van der Waals surface area contributed by atoms with Crippen molar-refractivity contribution in [2.24, 2.45) is 5.29 Å². The molecule has 0 N–H and O–H groups in total. The molecule has 1 unspecified atom stereocenters. The Labute approximate surface area is 114 Å². The standard InChI is InChI=1S/C10H11Cl3N2O2/c1-15(14-16)10(17-6-9(12)13)7-3-2-4-8(11)5-7/h2-5,9-10H,6H2,1H3. The van der Waals surface area contributed by atoms with Crippen LogP contribution in [0.2, 0.25) is 5.02 Å². The molecule has 0 heterocycles. The third-order valence-corrected chi connectivity index (χ3v) is 2.47. The number of halogens is 3. The van der Waals surface area contributed by atoms with Gasteiger partial charge in [0, 0.05) is 17.6 Å². The van der Waals surface area contributed by atoms with Crippen LogP contribution in [0.5, 0.6) is 0 Å². The maximum absolute atomic E-state index is 10.5. The van der Waals surface area contributed by atoms with E-state index in [2.05, 4.69) is 5.29 Å². The highest BCUT2D eigenvalue weighted by molar-refractivity contribution is 6.44. The number of hydrogen-bond acceptors (Lipinski definition) is 3. The molecular weight excluding hydrogens is 286 g/mol. The molecule has 1 atom stereocenters. The number of ether oxygens (including phenoxy) is 1. The molecule has 0 saturated heterocycles. The number of hydrogen-bond donors (Lipinski definition) is 0. The van der Waals surface area contributed by atoms with Gasteiger partial charge in [-0.15, -0.1) is 28.1 Å². The SMILES string of the molecule is CN(N=O)C(OCC(Cl)Cl)c1cccc(Cl)c1. The first-order valence-corrected chi connectivity index (χ1v) is 6.01. The van der Waals surface area contributed by atoms with Gasteiger partial charge < -0.3 is 4.74 Å². The highest BCUT2D eigenvalue weighted by Gasteiger charge is 2.19. The molecule has 0 saturated carbocycles. The maximum Gasteiger partial charge on any atom is 0.174 e. The molecule has 0 amide bonds. The fourth-order valence-corrected chi connectivity index (χ4v) is 1.63. The second kappa shape index (κ2) is 7.01. The van der Waals surface area contributed by atoms with E-state index in [1.54, 1.807) is 24.3 Å². The summed E-state index contributed by atoms with van der Waals surface area (Å²) in [6, 6.07) is 6.94. The van der Waals surface area contributed by atoms with Gasteiger partial charge in [-0.1, -0.05) is 23.7 Å². The van der Waals surface area contributed by atoms with Crippen molar-refractivity contribution < 1.29 is 4.74 Å². The van der Waals surface area contributed by atoms with Crippen molar-refractivity contribution in [3.8, 4) is 0 Å². The summed E-state index contributed by atoms with van der Waals surface area (Å²) in [6.45, 7) is 0.0835. The number of rotatable bonds is 6. The van der Waals surface area contributed by atoms with Crippen molar-refractivity contribution in [3.63, 3.8) is 0 Å². The minimum absolute atomic E-state index is 0.0835. The van der Waals surface area contributed by atoms with Crippen LogP contribution in [0.1, 0.15) is 11.8 Å². The van der Waals surface area contributed by atoms with Crippen molar-refractivity contribution in [1.82, 2.24) is 5.01 Å². The van der Waals surface area contributed by atoms with Crippen LogP contribution in [0.4, 0.5) is 0 Å². The summed E-state index contributed by atoms with van der Waals surface area (Å²) in [5, 5.41) is 4.47. The van der Waals surface area contributed by atoms with E-state index in [0.717, 1.165) is 5.01 Å². The molecule has 0 spiro atoms. The van der Waals surface area contributed by atoms with Gasteiger partial charge in [-0.05, 0) is 12.1 Å². The molecule has 7 heteroatoms. The van der Waals surface area contributed by atoms with Gasteiger partial charge in [0.1, 0.15) is 4.84 Å². The summed E-state index contributed by atoms with van der Waals surface area (Å²) in [4.78, 5) is 9.88. The van der Waals surface area contributed by atoms with Gasteiger partial charge in [0.25, 0.3) is 0 Å². The fourth-order valence-electron chi connectivity index (χ4n) is 1.29. The third-order valence-electron chi connectivity index (χ3n) is 1.98. The Balaban J connectivity index is 2.85. The quantitative estimate of drug-likeness (QED) is 0.347. The molecule has 0 aliphatic rings. The van der Waals surface area contributed by atoms with E-state index in [1.165, 1.54) is 7.05 Å². The molecule has 0 aliphatic carbocycles. The summed E-state index contributed by atoms with van der Waals surface area (Å²) < 4.78 is 5.41. The van der Waals surface area contributed by atoms with Gasteiger partial charge in [-0.25, -0.2) is 5.01 Å². The first-order valence-electron chi connectivity index (χ1n) is 4.76. The largest absolute Gasteiger partial charge is 0.350 e. The number of nitrogens with zero attached hydrogens (tertiary/aromatic N) is 2. The van der Waals surface area contributed by atoms with Gasteiger partial charge in [0.05, 0.1) is 11.9 Å². The Morgan fingerprint density at radius 1 is 1.47 bits per heavy atom. The van der Waals surface area contributed by atoms with Crippen LogP contribution in [0.15, 0.2) is 29.6 Å². The highest BCUT2D eigenvalue weighted by Crippen LogP contribution is 2.24. The van der Waals surface area contributed by atoms with Crippen molar-refractivity contribution >= 4 is 34.8 Å². The average Bonchev–Trinajstić information content (AvgIpc) is 2.28. The van der Waals surface area contributed by atoms with E-state index in [4.69, 9.17) is 39.5 Å². The van der Waals surface area contributed by atoms with E-state index in [-0.39, 0.29) is 6.61 Å². The maximum atomic E-state index is 10.5. The lowest BCUT2D eigenvalue weighted by Crippen LogP contribution is -2.23. The van der Waals surface area contributed by atoms with Crippen LogP contribution < -0.4 is 0 Å². The molecule has 17 heavy (non-hydrogen) atoms. The van der Waals surface area contributed by atoms with Gasteiger partial charge >= 0.3 is 0 Å². The van der Waals surface area contributed by atoms with E-state index in [1.807, 2.05) is 0 Å². The lowest BCUT2D eigenvalue weighted by Gasteiger charge is -2.23. The van der Waals surface area contributed by atoms with Gasteiger partial charge in [0.15, 0.2) is 6.23 Å². The lowest BCUT2D eigenvalue weighted by atomic mass is 10.2. The molecule has 0 aromatic heterocycles.